The van der Waals surface area contributed by atoms with Crippen molar-refractivity contribution in [3.05, 3.63) is 60.7 Å². The average molecular weight is 338 g/mol. The molecule has 0 aromatic heterocycles. The van der Waals surface area contributed by atoms with Gasteiger partial charge in [-0.05, 0) is 10.6 Å². The molecule has 6 heteroatoms. The summed E-state index contributed by atoms with van der Waals surface area (Å²) in [6.45, 7) is 0. The van der Waals surface area contributed by atoms with E-state index >= 15 is 0 Å². The maximum atomic E-state index is 9.64. The fourth-order valence-electron chi connectivity index (χ4n) is 1.12. The van der Waals surface area contributed by atoms with Crippen LogP contribution >= 0.6 is 18.5 Å². The van der Waals surface area contributed by atoms with Crippen molar-refractivity contribution in [3.8, 4) is 0 Å². The molecule has 0 fully saturated rings. The van der Waals surface area contributed by atoms with Gasteiger partial charge in [0.15, 0.2) is 0 Å². The predicted molar refractivity (Wildman–Crippen MR) is 96.1 cm³/mol. The van der Waals surface area contributed by atoms with Crippen LogP contribution < -0.4 is 10.6 Å². The lowest BCUT2D eigenvalue weighted by atomic mass is 10.3. The third-order valence-electron chi connectivity index (χ3n) is 2.15. The van der Waals surface area contributed by atoms with Gasteiger partial charge in [-0.15, -0.1) is 18.5 Å². The van der Waals surface area contributed by atoms with Crippen molar-refractivity contribution in [3.63, 3.8) is 0 Å². The lowest BCUT2D eigenvalue weighted by molar-refractivity contribution is -0.143. The predicted octanol–water partition coefficient (Wildman–Crippen LogP) is 2.31. The van der Waals surface area contributed by atoms with E-state index in [2.05, 4.69) is 18.5 Å². The largest absolute Gasteiger partial charge is 0.481 e. The number of benzene rings is 2. The Bertz CT molecular complexity index is 493. The minimum Gasteiger partial charge on any atom is -0.481 e. The second kappa shape index (κ2) is 12.9. The molecule has 0 aliphatic rings. The zero-order valence-electron chi connectivity index (χ0n) is 12.1. The molecule has 0 radical (unpaired) electrons. The highest BCUT2D eigenvalue weighted by Gasteiger charge is 2.00. The van der Waals surface area contributed by atoms with E-state index < -0.39 is 11.9 Å². The van der Waals surface area contributed by atoms with Crippen LogP contribution in [0.1, 0.15) is 12.8 Å². The van der Waals surface area contributed by atoms with E-state index in [9.17, 15) is 9.59 Å². The molecule has 0 bridgehead atoms. The fourth-order valence-corrected chi connectivity index (χ4v) is 1.56. The first-order valence-corrected chi connectivity index (χ1v) is 7.62. The molecule has 2 atom stereocenters. The highest BCUT2D eigenvalue weighted by Crippen LogP contribution is 1.87. The van der Waals surface area contributed by atoms with Crippen molar-refractivity contribution < 1.29 is 19.8 Å². The Morgan fingerprint density at radius 1 is 0.682 bits per heavy atom. The monoisotopic (exact) mass is 338 g/mol. The maximum absolute atomic E-state index is 9.64. The van der Waals surface area contributed by atoms with E-state index in [4.69, 9.17) is 10.2 Å². The molecule has 2 aromatic carbocycles. The summed E-state index contributed by atoms with van der Waals surface area (Å²) in [4.78, 5) is 19.3. The quantitative estimate of drug-likeness (QED) is 0.842. The number of carboxylic acid groups (broad SMARTS) is 2. The summed E-state index contributed by atoms with van der Waals surface area (Å²) in [5.74, 6) is -2.15. The Labute approximate surface area is 135 Å². The van der Waals surface area contributed by atoms with Gasteiger partial charge in [0.25, 0.3) is 0 Å². The zero-order valence-corrected chi connectivity index (χ0v) is 14.4. The van der Waals surface area contributed by atoms with Crippen LogP contribution in [0.5, 0.6) is 0 Å². The minimum absolute atomic E-state index is 0.296. The number of hydrogen-bond donors (Lipinski definition) is 2. The van der Waals surface area contributed by atoms with E-state index in [1.165, 1.54) is 10.6 Å². The number of aliphatic carboxylic acids is 2. The third-order valence-corrected chi connectivity index (χ3v) is 2.92. The van der Waals surface area contributed by atoms with Crippen LogP contribution in [-0.4, -0.2) is 22.2 Å². The van der Waals surface area contributed by atoms with Gasteiger partial charge in [0.2, 0.25) is 0 Å². The molecule has 2 rings (SSSR count). The second-order valence-corrected chi connectivity index (χ2v) is 5.44. The number of rotatable bonds is 3. The van der Waals surface area contributed by atoms with Gasteiger partial charge in [0, 0.05) is 0 Å². The zero-order chi connectivity index (χ0) is 16.8. The van der Waals surface area contributed by atoms with Crippen LogP contribution in [0, 0.1) is 0 Å². The molecule has 0 spiro atoms. The van der Waals surface area contributed by atoms with Crippen LogP contribution in [-0.2, 0) is 9.59 Å². The minimum atomic E-state index is -1.08. The van der Waals surface area contributed by atoms with Gasteiger partial charge in [0.05, 0.1) is 12.8 Å². The molecule has 22 heavy (non-hydrogen) atoms. The van der Waals surface area contributed by atoms with E-state index in [0.29, 0.717) is 0 Å². The molecule has 0 aliphatic carbocycles. The summed E-state index contributed by atoms with van der Waals surface area (Å²) in [6, 6.07) is 20.3. The van der Waals surface area contributed by atoms with Gasteiger partial charge in [-0.2, -0.15) is 0 Å². The van der Waals surface area contributed by atoms with Gasteiger partial charge in [-0.3, -0.25) is 9.59 Å². The van der Waals surface area contributed by atoms with Crippen LogP contribution in [0.2, 0.25) is 0 Å². The first-order valence-electron chi connectivity index (χ1n) is 6.46. The molecule has 2 N–H and O–H groups in total. The van der Waals surface area contributed by atoms with Gasteiger partial charge >= 0.3 is 11.9 Å². The Kier molecular flexibility index (Phi) is 11.9. The fraction of sp³-hybridized carbons (Fsp3) is 0.125. The van der Waals surface area contributed by atoms with Crippen molar-refractivity contribution >= 4 is 41.0 Å². The number of carbonyl (C=O) groups is 2. The van der Waals surface area contributed by atoms with E-state index in [1.54, 1.807) is 0 Å². The highest BCUT2D eigenvalue weighted by atomic mass is 31.0. The summed E-state index contributed by atoms with van der Waals surface area (Å²) < 4.78 is 0. The first-order chi connectivity index (χ1) is 10.4. The Balaban J connectivity index is 0.000000301. The molecule has 118 valence electrons. The summed E-state index contributed by atoms with van der Waals surface area (Å²) in [5, 5.41) is 18.3. The van der Waals surface area contributed by atoms with Gasteiger partial charge in [-0.25, -0.2) is 0 Å². The lowest BCUT2D eigenvalue weighted by Crippen LogP contribution is -2.00. The maximum Gasteiger partial charge on any atom is 0.303 e. The summed E-state index contributed by atoms with van der Waals surface area (Å²) >= 11 is 0. The van der Waals surface area contributed by atoms with Crippen LogP contribution in [0.25, 0.3) is 0 Å². The molecule has 2 unspecified atom stereocenters. The van der Waals surface area contributed by atoms with Crippen molar-refractivity contribution in [1.29, 1.82) is 0 Å². The Morgan fingerprint density at radius 3 is 1.09 bits per heavy atom. The number of carboxylic acids is 2. The summed E-state index contributed by atoms with van der Waals surface area (Å²) in [7, 11) is 5.26. The standard InChI is InChI=1S/2C6H7P.C4H6O4/c2*7-6-4-2-1-3-5-6;5-3(6)1-2-4(7)8/h2*1-5H,7H2;1-2H2,(H,5,6)(H,7,8). The van der Waals surface area contributed by atoms with E-state index in [0.717, 1.165) is 0 Å². The number of hydrogen-bond acceptors (Lipinski definition) is 2. The second-order valence-electron chi connectivity index (χ2n) is 4.11. The molecule has 0 saturated heterocycles. The Morgan fingerprint density at radius 2 is 0.955 bits per heavy atom. The molecular weight excluding hydrogens is 318 g/mol. The smallest absolute Gasteiger partial charge is 0.303 e. The lowest BCUT2D eigenvalue weighted by Gasteiger charge is -1.85. The van der Waals surface area contributed by atoms with Crippen LogP contribution in [0.4, 0.5) is 0 Å². The van der Waals surface area contributed by atoms with Crippen LogP contribution in [0.15, 0.2) is 60.7 Å². The van der Waals surface area contributed by atoms with Gasteiger partial charge in [0.1, 0.15) is 0 Å². The SMILES string of the molecule is O=C(O)CCC(=O)O.Pc1ccccc1.Pc1ccccc1. The first kappa shape index (κ1) is 20.2. The molecule has 4 nitrogen and oxygen atoms in total. The molecule has 0 saturated carbocycles. The third kappa shape index (κ3) is 14.6. The normalized spacial score (nSPS) is 8.64. The summed E-state index contributed by atoms with van der Waals surface area (Å²) in [6.07, 6.45) is -0.593. The van der Waals surface area contributed by atoms with E-state index in [1.807, 2.05) is 60.7 Å². The molecule has 0 aliphatic heterocycles. The van der Waals surface area contributed by atoms with Crippen LogP contribution in [0.3, 0.4) is 0 Å². The topological polar surface area (TPSA) is 74.6 Å². The van der Waals surface area contributed by atoms with Crippen molar-refractivity contribution in [2.45, 2.75) is 12.8 Å². The average Bonchev–Trinajstić information content (AvgIpc) is 2.48. The highest BCUT2D eigenvalue weighted by molar-refractivity contribution is 7.27. The molecular formula is C16H20O4P2. The molecule has 0 amide bonds. The molecule has 0 heterocycles. The molecule has 2 aromatic rings. The van der Waals surface area contributed by atoms with Crippen molar-refractivity contribution in [2.24, 2.45) is 0 Å². The van der Waals surface area contributed by atoms with E-state index in [-0.39, 0.29) is 12.8 Å². The Hall–Kier alpha value is -1.76. The van der Waals surface area contributed by atoms with Crippen molar-refractivity contribution in [1.82, 2.24) is 0 Å². The van der Waals surface area contributed by atoms with Gasteiger partial charge < -0.3 is 10.2 Å². The van der Waals surface area contributed by atoms with Crippen molar-refractivity contribution in [2.75, 3.05) is 0 Å². The van der Waals surface area contributed by atoms with Gasteiger partial charge in [-0.1, -0.05) is 60.7 Å². The summed E-state index contributed by atoms with van der Waals surface area (Å²) in [5.41, 5.74) is 0.